The summed E-state index contributed by atoms with van der Waals surface area (Å²) in [6.07, 6.45) is 1.65. The first-order valence-electron chi connectivity index (χ1n) is 5.31. The van der Waals surface area contributed by atoms with E-state index >= 15 is 0 Å². The summed E-state index contributed by atoms with van der Waals surface area (Å²) in [5.41, 5.74) is 0.723. The highest BCUT2D eigenvalue weighted by Crippen LogP contribution is 2.29. The lowest BCUT2D eigenvalue weighted by molar-refractivity contribution is 0.484. The van der Waals surface area contributed by atoms with Gasteiger partial charge in [0.1, 0.15) is 4.90 Å². The molecule has 0 saturated heterocycles. The third kappa shape index (κ3) is 1.64. The minimum atomic E-state index is -4.25. The average molecular weight is 259 g/mol. The zero-order valence-electron chi connectivity index (χ0n) is 9.24. The van der Waals surface area contributed by atoms with Crippen LogP contribution in [0, 0.1) is 0 Å². The average Bonchev–Trinajstić information content (AvgIpc) is 2.37. The smallest absolute Gasteiger partial charge is 0.282 e. The topological polar surface area (TPSA) is 67.3 Å². The summed E-state index contributed by atoms with van der Waals surface area (Å²) < 4.78 is 32.1. The van der Waals surface area contributed by atoms with Gasteiger partial charge in [0.15, 0.2) is 0 Å². The molecule has 0 saturated carbocycles. The van der Waals surface area contributed by atoms with Gasteiger partial charge in [0.2, 0.25) is 0 Å². The molecule has 90 valence electrons. The summed E-state index contributed by atoms with van der Waals surface area (Å²) in [5, 5.41) is 1.87. The molecule has 0 aliphatic rings. The van der Waals surface area contributed by atoms with Crippen LogP contribution < -0.4 is 0 Å². The van der Waals surface area contributed by atoms with E-state index in [1.54, 1.807) is 36.5 Å². The zero-order valence-corrected chi connectivity index (χ0v) is 10.1. The van der Waals surface area contributed by atoms with E-state index in [0.29, 0.717) is 16.2 Å². The Morgan fingerprint density at radius 2 is 1.72 bits per heavy atom. The molecular formula is C13H9NO3S. The van der Waals surface area contributed by atoms with Gasteiger partial charge in [-0.2, -0.15) is 8.42 Å². The quantitative estimate of drug-likeness (QED) is 0.539. The molecular weight excluding hydrogens is 250 g/mol. The van der Waals surface area contributed by atoms with Crippen LogP contribution in [-0.2, 0) is 10.1 Å². The second kappa shape index (κ2) is 3.76. The Labute approximate surface area is 104 Å². The van der Waals surface area contributed by atoms with Crippen molar-refractivity contribution in [3.05, 3.63) is 48.7 Å². The maximum Gasteiger partial charge on any atom is 0.295 e. The fourth-order valence-corrected chi connectivity index (χ4v) is 2.83. The lowest BCUT2D eigenvalue weighted by atomic mass is 10.1. The molecule has 0 aliphatic heterocycles. The molecule has 1 aromatic heterocycles. The molecule has 18 heavy (non-hydrogen) atoms. The Morgan fingerprint density at radius 1 is 1.00 bits per heavy atom. The van der Waals surface area contributed by atoms with Crippen molar-refractivity contribution in [1.82, 2.24) is 4.98 Å². The van der Waals surface area contributed by atoms with Gasteiger partial charge in [-0.15, -0.1) is 0 Å². The number of benzene rings is 2. The highest BCUT2D eigenvalue weighted by atomic mass is 32.2. The van der Waals surface area contributed by atoms with Gasteiger partial charge in [-0.05, 0) is 12.1 Å². The van der Waals surface area contributed by atoms with Crippen LogP contribution in [0.2, 0.25) is 0 Å². The summed E-state index contributed by atoms with van der Waals surface area (Å²) in [5.74, 6) is 0. The third-order valence-corrected chi connectivity index (χ3v) is 3.74. The lowest BCUT2D eigenvalue weighted by Gasteiger charge is -2.07. The van der Waals surface area contributed by atoms with Gasteiger partial charge in [-0.3, -0.25) is 9.54 Å². The number of rotatable bonds is 1. The van der Waals surface area contributed by atoms with Crippen LogP contribution in [-0.4, -0.2) is 18.0 Å². The van der Waals surface area contributed by atoms with E-state index in [1.165, 1.54) is 6.07 Å². The van der Waals surface area contributed by atoms with Gasteiger partial charge in [0, 0.05) is 22.4 Å². The van der Waals surface area contributed by atoms with Gasteiger partial charge in [0.05, 0.1) is 5.52 Å². The van der Waals surface area contributed by atoms with E-state index in [4.69, 9.17) is 0 Å². The number of hydrogen-bond acceptors (Lipinski definition) is 3. The standard InChI is InChI=1S/C13H9NO3S/c15-18(16,17)12-8-9-4-3-7-14-13(9)11-6-2-1-5-10(11)12/h1-8H,(H,15,16,17). The summed E-state index contributed by atoms with van der Waals surface area (Å²) in [4.78, 5) is 4.17. The summed E-state index contributed by atoms with van der Waals surface area (Å²) in [6, 6.07) is 11.9. The van der Waals surface area contributed by atoms with E-state index in [9.17, 15) is 13.0 Å². The van der Waals surface area contributed by atoms with Crippen LogP contribution in [0.15, 0.2) is 53.6 Å². The van der Waals surface area contributed by atoms with Crippen molar-refractivity contribution >= 4 is 31.8 Å². The molecule has 5 heteroatoms. The van der Waals surface area contributed by atoms with Gasteiger partial charge in [-0.25, -0.2) is 0 Å². The van der Waals surface area contributed by atoms with Crippen molar-refractivity contribution in [3.8, 4) is 0 Å². The molecule has 0 unspecified atom stereocenters. The first kappa shape index (κ1) is 11.1. The Morgan fingerprint density at radius 3 is 2.44 bits per heavy atom. The minimum absolute atomic E-state index is 0.0846. The first-order chi connectivity index (χ1) is 8.57. The molecule has 0 fully saturated rings. The Bertz CT molecular complexity index is 856. The SMILES string of the molecule is O=S(=O)(O)c1cc2cccnc2c2ccccc12. The molecule has 0 spiro atoms. The lowest BCUT2D eigenvalue weighted by Crippen LogP contribution is -1.99. The molecule has 0 bridgehead atoms. The number of hydrogen-bond donors (Lipinski definition) is 1. The second-order valence-electron chi connectivity index (χ2n) is 3.97. The van der Waals surface area contributed by atoms with Crippen molar-refractivity contribution in [3.63, 3.8) is 0 Å². The van der Waals surface area contributed by atoms with Crippen LogP contribution in [0.25, 0.3) is 21.7 Å². The molecule has 2 aromatic carbocycles. The highest BCUT2D eigenvalue weighted by Gasteiger charge is 2.16. The van der Waals surface area contributed by atoms with Gasteiger partial charge >= 0.3 is 0 Å². The zero-order chi connectivity index (χ0) is 12.8. The van der Waals surface area contributed by atoms with E-state index in [2.05, 4.69) is 4.98 Å². The van der Waals surface area contributed by atoms with Gasteiger partial charge in [0.25, 0.3) is 10.1 Å². The van der Waals surface area contributed by atoms with Crippen molar-refractivity contribution in [1.29, 1.82) is 0 Å². The molecule has 1 heterocycles. The largest absolute Gasteiger partial charge is 0.295 e. The fraction of sp³-hybridized carbons (Fsp3) is 0. The van der Waals surface area contributed by atoms with Gasteiger partial charge in [-0.1, -0.05) is 30.3 Å². The Kier molecular flexibility index (Phi) is 2.33. The van der Waals surface area contributed by atoms with Crippen molar-refractivity contribution in [2.24, 2.45) is 0 Å². The number of aromatic nitrogens is 1. The first-order valence-corrected chi connectivity index (χ1v) is 6.75. The molecule has 0 aliphatic carbocycles. The summed E-state index contributed by atoms with van der Waals surface area (Å²) in [6.45, 7) is 0. The summed E-state index contributed by atoms with van der Waals surface area (Å²) in [7, 11) is -4.25. The second-order valence-corrected chi connectivity index (χ2v) is 5.36. The molecule has 1 N–H and O–H groups in total. The van der Waals surface area contributed by atoms with Crippen LogP contribution in [0.5, 0.6) is 0 Å². The fourth-order valence-electron chi connectivity index (χ4n) is 2.10. The number of nitrogens with zero attached hydrogens (tertiary/aromatic N) is 1. The predicted molar refractivity (Wildman–Crippen MR) is 69.1 cm³/mol. The molecule has 3 aromatic rings. The number of pyridine rings is 1. The van der Waals surface area contributed by atoms with Gasteiger partial charge < -0.3 is 0 Å². The maximum absolute atomic E-state index is 11.4. The Hall–Kier alpha value is -1.98. The Balaban J connectivity index is 2.63. The van der Waals surface area contributed by atoms with Crippen LogP contribution >= 0.6 is 0 Å². The molecule has 0 amide bonds. The van der Waals surface area contributed by atoms with E-state index < -0.39 is 10.1 Å². The summed E-state index contributed by atoms with van der Waals surface area (Å²) >= 11 is 0. The minimum Gasteiger partial charge on any atom is -0.282 e. The van der Waals surface area contributed by atoms with Crippen molar-refractivity contribution < 1.29 is 13.0 Å². The molecule has 0 radical (unpaired) electrons. The maximum atomic E-state index is 11.4. The predicted octanol–water partition coefficient (Wildman–Crippen LogP) is 2.63. The van der Waals surface area contributed by atoms with Crippen molar-refractivity contribution in [2.75, 3.05) is 0 Å². The molecule has 4 nitrogen and oxygen atoms in total. The van der Waals surface area contributed by atoms with E-state index in [1.807, 2.05) is 6.07 Å². The monoisotopic (exact) mass is 259 g/mol. The molecule has 0 atom stereocenters. The molecule has 3 rings (SSSR count). The normalized spacial score (nSPS) is 12.1. The third-order valence-electron chi connectivity index (χ3n) is 2.85. The van der Waals surface area contributed by atoms with Crippen LogP contribution in [0.4, 0.5) is 0 Å². The van der Waals surface area contributed by atoms with Crippen LogP contribution in [0.1, 0.15) is 0 Å². The van der Waals surface area contributed by atoms with E-state index in [-0.39, 0.29) is 4.90 Å². The van der Waals surface area contributed by atoms with Crippen molar-refractivity contribution in [2.45, 2.75) is 4.90 Å². The number of fused-ring (bicyclic) bond motifs is 3. The highest BCUT2D eigenvalue weighted by molar-refractivity contribution is 7.86. The van der Waals surface area contributed by atoms with E-state index in [0.717, 1.165) is 5.52 Å². The van der Waals surface area contributed by atoms with Crippen LogP contribution in [0.3, 0.4) is 0 Å².